The van der Waals surface area contributed by atoms with Gasteiger partial charge in [-0.05, 0) is 55.4 Å². The van der Waals surface area contributed by atoms with E-state index in [4.69, 9.17) is 0 Å². The van der Waals surface area contributed by atoms with Crippen molar-refractivity contribution in [2.45, 2.75) is 33.1 Å². The lowest BCUT2D eigenvalue weighted by Gasteiger charge is -2.33. The third-order valence-electron chi connectivity index (χ3n) is 4.17. The Morgan fingerprint density at radius 3 is 2.94 bits per heavy atom. The van der Waals surface area contributed by atoms with Gasteiger partial charge in [-0.25, -0.2) is 0 Å². The summed E-state index contributed by atoms with van der Waals surface area (Å²) in [7, 11) is 0. The Bertz CT molecular complexity index is 478. The zero-order valence-electron chi connectivity index (χ0n) is 10.1. The quantitative estimate of drug-likeness (QED) is 0.552. The van der Waals surface area contributed by atoms with Crippen molar-refractivity contribution in [2.24, 2.45) is 5.92 Å². The van der Waals surface area contributed by atoms with Gasteiger partial charge in [0.05, 0.1) is 0 Å². The normalized spacial score (nSPS) is 27.9. The van der Waals surface area contributed by atoms with Gasteiger partial charge >= 0.3 is 0 Å². The highest BCUT2D eigenvalue weighted by atomic mass is 14.3. The predicted octanol–water partition coefficient (Wildman–Crippen LogP) is 4.49. The molecular formula is C16H18. The van der Waals surface area contributed by atoms with Crippen LogP contribution >= 0.6 is 0 Å². The Balaban J connectivity index is 2.21. The Morgan fingerprint density at radius 1 is 1.19 bits per heavy atom. The van der Waals surface area contributed by atoms with Crippen LogP contribution in [0.1, 0.15) is 33.1 Å². The highest BCUT2D eigenvalue weighted by Crippen LogP contribution is 2.44. The molecule has 0 nitrogen and oxygen atoms in total. The topological polar surface area (TPSA) is 0 Å². The van der Waals surface area contributed by atoms with Gasteiger partial charge in [0.25, 0.3) is 0 Å². The summed E-state index contributed by atoms with van der Waals surface area (Å²) in [6.07, 6.45) is 15.1. The Morgan fingerprint density at radius 2 is 2.06 bits per heavy atom. The van der Waals surface area contributed by atoms with E-state index in [1.807, 2.05) is 0 Å². The first kappa shape index (κ1) is 9.89. The van der Waals surface area contributed by atoms with Crippen molar-refractivity contribution in [3.63, 3.8) is 0 Å². The van der Waals surface area contributed by atoms with Crippen LogP contribution < -0.4 is 0 Å². The molecule has 0 heteroatoms. The summed E-state index contributed by atoms with van der Waals surface area (Å²) in [5.74, 6) is 0.662. The summed E-state index contributed by atoms with van der Waals surface area (Å²) in [5.41, 5.74) is 7.79. The summed E-state index contributed by atoms with van der Waals surface area (Å²) in [6.45, 7) is 4.62. The summed E-state index contributed by atoms with van der Waals surface area (Å²) < 4.78 is 0. The minimum absolute atomic E-state index is 0.662. The SMILES string of the molecule is CC1=C2C=CCCC2=C(C)C2CC=CC=C12. The van der Waals surface area contributed by atoms with Crippen molar-refractivity contribution >= 4 is 0 Å². The molecule has 0 aliphatic heterocycles. The van der Waals surface area contributed by atoms with Gasteiger partial charge in [-0.15, -0.1) is 0 Å². The van der Waals surface area contributed by atoms with Crippen LogP contribution in [-0.2, 0) is 0 Å². The molecule has 82 valence electrons. The smallest absolute Gasteiger partial charge is 0.00888 e. The minimum atomic E-state index is 0.662. The van der Waals surface area contributed by atoms with E-state index in [1.54, 1.807) is 16.7 Å². The van der Waals surface area contributed by atoms with Gasteiger partial charge in [0.15, 0.2) is 0 Å². The second-order valence-electron chi connectivity index (χ2n) is 4.98. The third-order valence-corrected chi connectivity index (χ3v) is 4.17. The lowest BCUT2D eigenvalue weighted by atomic mass is 9.71. The van der Waals surface area contributed by atoms with Crippen LogP contribution in [-0.4, -0.2) is 0 Å². The molecule has 3 aliphatic rings. The zero-order chi connectivity index (χ0) is 11.1. The van der Waals surface area contributed by atoms with Gasteiger partial charge in [-0.3, -0.25) is 0 Å². The Labute approximate surface area is 97.7 Å². The average Bonchev–Trinajstić information content (AvgIpc) is 2.36. The molecule has 0 saturated carbocycles. The molecule has 0 amide bonds. The first-order chi connectivity index (χ1) is 7.79. The summed E-state index contributed by atoms with van der Waals surface area (Å²) in [6, 6.07) is 0. The van der Waals surface area contributed by atoms with Gasteiger partial charge < -0.3 is 0 Å². The number of fused-ring (bicyclic) bond motifs is 2. The lowest BCUT2D eigenvalue weighted by Crippen LogP contribution is -2.18. The van der Waals surface area contributed by atoms with E-state index in [9.17, 15) is 0 Å². The molecule has 0 saturated heterocycles. The standard InChI is InChI=1S/C16H18/c1-11-13-7-3-5-9-15(13)12(2)16-10-6-4-8-14(11)16/h3-5,7-8,15H,6,9-10H2,1-2H3. The van der Waals surface area contributed by atoms with E-state index in [-0.39, 0.29) is 0 Å². The number of allylic oxidation sites excluding steroid dienone is 10. The molecule has 3 rings (SSSR count). The highest BCUT2D eigenvalue weighted by Gasteiger charge is 2.28. The first-order valence-electron chi connectivity index (χ1n) is 6.23. The third kappa shape index (κ3) is 1.29. The van der Waals surface area contributed by atoms with Crippen molar-refractivity contribution in [1.82, 2.24) is 0 Å². The Kier molecular flexibility index (Phi) is 2.24. The summed E-state index contributed by atoms with van der Waals surface area (Å²) >= 11 is 0. The monoisotopic (exact) mass is 210 g/mol. The molecule has 0 N–H and O–H groups in total. The predicted molar refractivity (Wildman–Crippen MR) is 69.1 cm³/mol. The average molecular weight is 210 g/mol. The van der Waals surface area contributed by atoms with E-state index in [0.717, 1.165) is 0 Å². The molecule has 0 aromatic rings. The van der Waals surface area contributed by atoms with E-state index in [0.29, 0.717) is 5.92 Å². The minimum Gasteiger partial charge on any atom is -0.0836 e. The Hall–Kier alpha value is -1.30. The van der Waals surface area contributed by atoms with Crippen LogP contribution in [0.2, 0.25) is 0 Å². The molecule has 16 heavy (non-hydrogen) atoms. The molecule has 1 unspecified atom stereocenters. The first-order valence-corrected chi connectivity index (χ1v) is 6.23. The zero-order valence-corrected chi connectivity index (χ0v) is 10.1. The molecule has 1 atom stereocenters. The fourth-order valence-electron chi connectivity index (χ4n) is 3.22. The highest BCUT2D eigenvalue weighted by molar-refractivity contribution is 5.60. The van der Waals surface area contributed by atoms with Crippen molar-refractivity contribution in [3.05, 3.63) is 58.2 Å². The molecule has 0 radical (unpaired) electrons. The second kappa shape index (κ2) is 3.62. The largest absolute Gasteiger partial charge is 0.0836 e. The maximum atomic E-state index is 2.33. The van der Waals surface area contributed by atoms with Crippen molar-refractivity contribution in [1.29, 1.82) is 0 Å². The van der Waals surface area contributed by atoms with Crippen LogP contribution in [0.15, 0.2) is 58.2 Å². The fourth-order valence-corrected chi connectivity index (χ4v) is 3.22. The van der Waals surface area contributed by atoms with Crippen molar-refractivity contribution in [3.8, 4) is 0 Å². The van der Waals surface area contributed by atoms with Gasteiger partial charge in [0.2, 0.25) is 0 Å². The van der Waals surface area contributed by atoms with Gasteiger partial charge in [-0.1, -0.05) is 36.0 Å². The lowest BCUT2D eigenvalue weighted by molar-refractivity contribution is 0.689. The molecule has 0 aromatic carbocycles. The van der Waals surface area contributed by atoms with E-state index < -0.39 is 0 Å². The molecule has 0 aromatic heterocycles. The summed E-state index contributed by atoms with van der Waals surface area (Å²) in [5, 5.41) is 0. The number of hydrogen-bond donors (Lipinski definition) is 0. The van der Waals surface area contributed by atoms with Gasteiger partial charge in [0, 0.05) is 5.92 Å². The van der Waals surface area contributed by atoms with Crippen LogP contribution in [0.3, 0.4) is 0 Å². The molecule has 0 bridgehead atoms. The molecule has 3 aliphatic carbocycles. The van der Waals surface area contributed by atoms with Gasteiger partial charge in [-0.2, -0.15) is 0 Å². The second-order valence-corrected chi connectivity index (χ2v) is 4.98. The summed E-state index contributed by atoms with van der Waals surface area (Å²) in [4.78, 5) is 0. The maximum Gasteiger partial charge on any atom is 0.00888 e. The van der Waals surface area contributed by atoms with Crippen molar-refractivity contribution < 1.29 is 0 Å². The van der Waals surface area contributed by atoms with Crippen LogP contribution in [0, 0.1) is 5.92 Å². The van der Waals surface area contributed by atoms with Gasteiger partial charge in [0.1, 0.15) is 0 Å². The maximum absolute atomic E-state index is 2.33. The molecule has 0 fully saturated rings. The van der Waals surface area contributed by atoms with E-state index >= 15 is 0 Å². The number of hydrogen-bond acceptors (Lipinski definition) is 0. The van der Waals surface area contributed by atoms with Crippen LogP contribution in [0.25, 0.3) is 0 Å². The van der Waals surface area contributed by atoms with Crippen molar-refractivity contribution in [2.75, 3.05) is 0 Å². The molecule has 0 heterocycles. The van der Waals surface area contributed by atoms with E-state index in [1.165, 1.54) is 30.4 Å². The van der Waals surface area contributed by atoms with E-state index in [2.05, 4.69) is 44.2 Å². The molecule has 0 spiro atoms. The number of rotatable bonds is 0. The van der Waals surface area contributed by atoms with Crippen LogP contribution in [0.5, 0.6) is 0 Å². The van der Waals surface area contributed by atoms with Crippen LogP contribution in [0.4, 0.5) is 0 Å². The molecular weight excluding hydrogens is 192 g/mol. The fraction of sp³-hybridized carbons (Fsp3) is 0.375.